The molecule has 0 aromatic carbocycles. The minimum atomic E-state index is 0.507. The van der Waals surface area contributed by atoms with Gasteiger partial charge in [0, 0.05) is 5.92 Å². The molecular formula is C9H14O. The molecule has 0 bridgehead atoms. The molecule has 0 aliphatic rings. The van der Waals surface area contributed by atoms with Crippen molar-refractivity contribution in [2.45, 2.75) is 33.6 Å². The summed E-state index contributed by atoms with van der Waals surface area (Å²) in [5, 5.41) is 0. The molecule has 1 aromatic heterocycles. The zero-order valence-electron chi connectivity index (χ0n) is 7.06. The maximum absolute atomic E-state index is 5.48. The van der Waals surface area contributed by atoms with Crippen LogP contribution in [0.15, 0.2) is 10.5 Å². The first-order valence-corrected chi connectivity index (χ1v) is 3.68. The van der Waals surface area contributed by atoms with Gasteiger partial charge in [-0.25, -0.2) is 0 Å². The number of aryl methyl sites for hydroxylation is 2. The second-order valence-electron chi connectivity index (χ2n) is 3.04. The lowest BCUT2D eigenvalue weighted by Crippen LogP contribution is -1.80. The molecule has 0 spiro atoms. The van der Waals surface area contributed by atoms with Crippen molar-refractivity contribution in [3.63, 3.8) is 0 Å². The third kappa shape index (κ3) is 1.23. The van der Waals surface area contributed by atoms with Gasteiger partial charge in [0.2, 0.25) is 0 Å². The summed E-state index contributed by atoms with van der Waals surface area (Å²) in [5.41, 5.74) is 1.25. The van der Waals surface area contributed by atoms with Crippen LogP contribution < -0.4 is 0 Å². The average molecular weight is 138 g/mol. The van der Waals surface area contributed by atoms with E-state index in [-0.39, 0.29) is 0 Å². The van der Waals surface area contributed by atoms with Crippen molar-refractivity contribution in [3.8, 4) is 0 Å². The van der Waals surface area contributed by atoms with E-state index in [1.54, 1.807) is 0 Å². The molecule has 1 nitrogen and oxygen atoms in total. The van der Waals surface area contributed by atoms with Crippen molar-refractivity contribution in [1.82, 2.24) is 0 Å². The van der Waals surface area contributed by atoms with E-state index in [4.69, 9.17) is 4.42 Å². The van der Waals surface area contributed by atoms with Crippen molar-refractivity contribution in [3.05, 3.63) is 23.2 Å². The summed E-state index contributed by atoms with van der Waals surface area (Å²) < 4.78 is 5.48. The molecule has 0 N–H and O–H groups in total. The van der Waals surface area contributed by atoms with E-state index in [9.17, 15) is 0 Å². The Morgan fingerprint density at radius 2 is 1.90 bits per heavy atom. The first kappa shape index (κ1) is 7.39. The molecule has 10 heavy (non-hydrogen) atoms. The minimum absolute atomic E-state index is 0.507. The van der Waals surface area contributed by atoms with E-state index >= 15 is 0 Å². The number of hydrogen-bond acceptors (Lipinski definition) is 1. The number of furan rings is 1. The molecular weight excluding hydrogens is 124 g/mol. The zero-order chi connectivity index (χ0) is 7.72. The Balaban J connectivity index is 2.98. The summed E-state index contributed by atoms with van der Waals surface area (Å²) >= 11 is 0. The Labute approximate surface area is 62.1 Å². The summed E-state index contributed by atoms with van der Waals surface area (Å²) in [6, 6.07) is 2.11. The van der Waals surface area contributed by atoms with Crippen LogP contribution in [0.4, 0.5) is 0 Å². The second-order valence-corrected chi connectivity index (χ2v) is 3.04. The van der Waals surface area contributed by atoms with Crippen LogP contribution in [-0.2, 0) is 0 Å². The van der Waals surface area contributed by atoms with Gasteiger partial charge in [0.15, 0.2) is 0 Å². The normalized spacial score (nSPS) is 10.9. The predicted molar refractivity (Wildman–Crippen MR) is 42.3 cm³/mol. The fourth-order valence-corrected chi connectivity index (χ4v) is 0.886. The molecule has 1 heterocycles. The topological polar surface area (TPSA) is 13.1 Å². The monoisotopic (exact) mass is 138 g/mol. The van der Waals surface area contributed by atoms with Gasteiger partial charge in [-0.15, -0.1) is 0 Å². The predicted octanol–water partition coefficient (Wildman–Crippen LogP) is 3.02. The highest BCUT2D eigenvalue weighted by Gasteiger charge is 2.05. The van der Waals surface area contributed by atoms with Crippen LogP contribution in [0.25, 0.3) is 0 Å². The Bertz CT molecular complexity index is 201. The van der Waals surface area contributed by atoms with Gasteiger partial charge >= 0.3 is 0 Å². The minimum Gasteiger partial charge on any atom is -0.466 e. The molecule has 0 fully saturated rings. The van der Waals surface area contributed by atoms with Gasteiger partial charge in [0.05, 0.1) is 0 Å². The molecule has 0 aliphatic carbocycles. The molecule has 1 heteroatoms. The van der Waals surface area contributed by atoms with Crippen LogP contribution in [0.3, 0.4) is 0 Å². The highest BCUT2D eigenvalue weighted by atomic mass is 16.3. The fraction of sp³-hybridized carbons (Fsp3) is 0.556. The Kier molecular flexibility index (Phi) is 1.84. The Hall–Kier alpha value is -0.720. The lowest BCUT2D eigenvalue weighted by atomic mass is 10.1. The maximum atomic E-state index is 5.48. The largest absolute Gasteiger partial charge is 0.466 e. The van der Waals surface area contributed by atoms with Crippen LogP contribution >= 0.6 is 0 Å². The molecule has 0 unspecified atom stereocenters. The summed E-state index contributed by atoms with van der Waals surface area (Å²) in [7, 11) is 0. The lowest BCUT2D eigenvalue weighted by Gasteiger charge is -1.96. The van der Waals surface area contributed by atoms with Gasteiger partial charge in [-0.1, -0.05) is 13.8 Å². The van der Waals surface area contributed by atoms with Gasteiger partial charge in [0.25, 0.3) is 0 Å². The van der Waals surface area contributed by atoms with Gasteiger partial charge in [-0.2, -0.15) is 0 Å². The smallest absolute Gasteiger partial charge is 0.106 e. The third-order valence-corrected chi connectivity index (χ3v) is 1.75. The summed E-state index contributed by atoms with van der Waals surface area (Å²) in [6.45, 7) is 8.35. The quantitative estimate of drug-likeness (QED) is 0.581. The summed E-state index contributed by atoms with van der Waals surface area (Å²) in [5.74, 6) is 2.64. The number of hydrogen-bond donors (Lipinski definition) is 0. The molecule has 0 radical (unpaired) electrons. The van der Waals surface area contributed by atoms with Crippen molar-refractivity contribution in [2.75, 3.05) is 0 Å². The van der Waals surface area contributed by atoms with Gasteiger partial charge < -0.3 is 4.42 Å². The molecule has 0 saturated heterocycles. The van der Waals surface area contributed by atoms with Crippen molar-refractivity contribution in [2.24, 2.45) is 0 Å². The molecule has 56 valence electrons. The van der Waals surface area contributed by atoms with Crippen LogP contribution in [0, 0.1) is 13.8 Å². The zero-order valence-corrected chi connectivity index (χ0v) is 7.06. The van der Waals surface area contributed by atoms with Crippen LogP contribution in [-0.4, -0.2) is 0 Å². The van der Waals surface area contributed by atoms with Crippen LogP contribution in [0.2, 0.25) is 0 Å². The van der Waals surface area contributed by atoms with Gasteiger partial charge in [-0.3, -0.25) is 0 Å². The van der Waals surface area contributed by atoms with Crippen LogP contribution in [0.5, 0.6) is 0 Å². The first-order valence-electron chi connectivity index (χ1n) is 3.68. The average Bonchev–Trinajstić information content (AvgIpc) is 2.13. The van der Waals surface area contributed by atoms with E-state index in [0.717, 1.165) is 11.5 Å². The van der Waals surface area contributed by atoms with Crippen molar-refractivity contribution >= 4 is 0 Å². The second kappa shape index (κ2) is 2.49. The highest BCUT2D eigenvalue weighted by Crippen LogP contribution is 2.20. The van der Waals surface area contributed by atoms with Crippen molar-refractivity contribution in [1.29, 1.82) is 0 Å². The molecule has 0 atom stereocenters. The van der Waals surface area contributed by atoms with E-state index in [2.05, 4.69) is 26.8 Å². The first-order chi connectivity index (χ1) is 4.61. The molecule has 0 amide bonds. The number of rotatable bonds is 1. The molecule has 1 rings (SSSR count). The van der Waals surface area contributed by atoms with Gasteiger partial charge in [0.1, 0.15) is 11.5 Å². The summed E-state index contributed by atoms with van der Waals surface area (Å²) in [6.07, 6.45) is 0. The van der Waals surface area contributed by atoms with Gasteiger partial charge in [-0.05, 0) is 25.5 Å². The molecule has 0 saturated carbocycles. The fourth-order valence-electron chi connectivity index (χ4n) is 0.886. The van der Waals surface area contributed by atoms with Crippen molar-refractivity contribution < 1.29 is 4.42 Å². The summed E-state index contributed by atoms with van der Waals surface area (Å²) in [4.78, 5) is 0. The SMILES string of the molecule is Cc1cc(C(C)C)oc1C. The highest BCUT2D eigenvalue weighted by molar-refractivity contribution is 5.20. The Morgan fingerprint density at radius 1 is 1.30 bits per heavy atom. The molecule has 0 aliphatic heterocycles. The lowest BCUT2D eigenvalue weighted by molar-refractivity contribution is 0.462. The van der Waals surface area contributed by atoms with E-state index in [0.29, 0.717) is 5.92 Å². The third-order valence-electron chi connectivity index (χ3n) is 1.75. The Morgan fingerprint density at radius 3 is 2.10 bits per heavy atom. The standard InChI is InChI=1S/C9H14O/c1-6(2)9-5-7(3)8(4)10-9/h5-6H,1-4H3. The van der Waals surface area contributed by atoms with Crippen LogP contribution in [0.1, 0.15) is 36.8 Å². The van der Waals surface area contributed by atoms with E-state index in [1.807, 2.05) is 6.92 Å². The van der Waals surface area contributed by atoms with E-state index in [1.165, 1.54) is 5.56 Å². The molecule has 1 aromatic rings. The maximum Gasteiger partial charge on any atom is 0.106 e. The van der Waals surface area contributed by atoms with E-state index < -0.39 is 0 Å².